The summed E-state index contributed by atoms with van der Waals surface area (Å²) >= 11 is 3.73. The second-order valence-corrected chi connectivity index (χ2v) is 6.59. The quantitative estimate of drug-likeness (QED) is 0.539. The zero-order valence-electron chi connectivity index (χ0n) is 9.81. The molecular formula is C13H18OS2. The second-order valence-electron chi connectivity index (χ2n) is 3.33. The van der Waals surface area contributed by atoms with Crippen molar-refractivity contribution in [3.8, 4) is 0 Å². The van der Waals surface area contributed by atoms with Crippen molar-refractivity contribution in [3.05, 3.63) is 35.9 Å². The first kappa shape index (κ1) is 13.7. The number of hydrogen-bond acceptors (Lipinski definition) is 3. The monoisotopic (exact) mass is 254 g/mol. The van der Waals surface area contributed by atoms with Gasteiger partial charge < -0.3 is 0 Å². The van der Waals surface area contributed by atoms with Crippen molar-refractivity contribution >= 4 is 29.3 Å². The average Bonchev–Trinajstić information content (AvgIpc) is 2.31. The number of carbonyl (C=O) groups is 1. The van der Waals surface area contributed by atoms with Gasteiger partial charge in [0.2, 0.25) is 0 Å². The van der Waals surface area contributed by atoms with Gasteiger partial charge in [-0.15, -0.1) is 23.5 Å². The van der Waals surface area contributed by atoms with E-state index in [1.54, 1.807) is 0 Å². The summed E-state index contributed by atoms with van der Waals surface area (Å²) in [6.07, 6.45) is 0.640. The Kier molecular flexibility index (Phi) is 6.65. The zero-order valence-corrected chi connectivity index (χ0v) is 11.4. The zero-order chi connectivity index (χ0) is 11.8. The van der Waals surface area contributed by atoms with Gasteiger partial charge in [-0.3, -0.25) is 4.79 Å². The molecule has 3 heteroatoms. The maximum absolute atomic E-state index is 12.0. The third-order valence-corrected chi connectivity index (χ3v) is 4.71. The maximum atomic E-state index is 12.0. The first-order chi connectivity index (χ1) is 7.77. The SMILES string of the molecule is CCSC(CC(=O)c1ccccc1)SCC. The molecule has 0 atom stereocenters. The van der Waals surface area contributed by atoms with Crippen LogP contribution in [0.4, 0.5) is 0 Å². The van der Waals surface area contributed by atoms with E-state index < -0.39 is 0 Å². The number of thioether (sulfide) groups is 2. The fourth-order valence-corrected chi connectivity index (χ4v) is 3.91. The van der Waals surface area contributed by atoms with Gasteiger partial charge in [0.05, 0.1) is 4.58 Å². The van der Waals surface area contributed by atoms with Crippen molar-refractivity contribution in [2.24, 2.45) is 0 Å². The highest BCUT2D eigenvalue weighted by molar-refractivity contribution is 8.17. The highest BCUT2D eigenvalue weighted by Gasteiger charge is 2.14. The summed E-state index contributed by atoms with van der Waals surface area (Å²) in [5.41, 5.74) is 0.834. The lowest BCUT2D eigenvalue weighted by Gasteiger charge is -2.13. The van der Waals surface area contributed by atoms with Crippen LogP contribution in [-0.2, 0) is 0 Å². The largest absolute Gasteiger partial charge is 0.294 e. The van der Waals surface area contributed by atoms with Gasteiger partial charge in [-0.25, -0.2) is 0 Å². The van der Waals surface area contributed by atoms with E-state index in [1.165, 1.54) is 0 Å². The average molecular weight is 254 g/mol. The molecule has 0 unspecified atom stereocenters. The summed E-state index contributed by atoms with van der Waals surface area (Å²) in [6, 6.07) is 9.57. The molecule has 0 aliphatic carbocycles. The Morgan fingerprint density at radius 2 is 1.69 bits per heavy atom. The predicted molar refractivity (Wildman–Crippen MR) is 75.4 cm³/mol. The lowest BCUT2D eigenvalue weighted by molar-refractivity contribution is 0.0987. The summed E-state index contributed by atoms with van der Waals surface area (Å²) in [7, 11) is 0. The van der Waals surface area contributed by atoms with Crippen molar-refractivity contribution in [1.29, 1.82) is 0 Å². The van der Waals surface area contributed by atoms with Crippen molar-refractivity contribution in [2.45, 2.75) is 24.9 Å². The Morgan fingerprint density at radius 1 is 1.12 bits per heavy atom. The van der Waals surface area contributed by atoms with Gasteiger partial charge in [0.1, 0.15) is 0 Å². The number of benzene rings is 1. The lowest BCUT2D eigenvalue weighted by atomic mass is 10.1. The van der Waals surface area contributed by atoms with E-state index in [9.17, 15) is 4.79 Å². The van der Waals surface area contributed by atoms with Crippen LogP contribution in [0.1, 0.15) is 30.6 Å². The Labute approximate surface area is 106 Å². The minimum atomic E-state index is 0.257. The molecule has 0 aliphatic heterocycles. The molecule has 0 aromatic heterocycles. The van der Waals surface area contributed by atoms with Crippen LogP contribution in [0.15, 0.2) is 30.3 Å². The fourth-order valence-electron chi connectivity index (χ4n) is 1.43. The molecule has 0 radical (unpaired) electrons. The highest BCUT2D eigenvalue weighted by Crippen LogP contribution is 2.27. The topological polar surface area (TPSA) is 17.1 Å². The lowest BCUT2D eigenvalue weighted by Crippen LogP contribution is -2.08. The Morgan fingerprint density at radius 3 is 2.19 bits per heavy atom. The number of hydrogen-bond donors (Lipinski definition) is 0. The maximum Gasteiger partial charge on any atom is 0.164 e. The van der Waals surface area contributed by atoms with E-state index in [0.717, 1.165) is 17.1 Å². The van der Waals surface area contributed by atoms with Crippen LogP contribution >= 0.6 is 23.5 Å². The standard InChI is InChI=1S/C13H18OS2/c1-3-15-13(16-4-2)10-12(14)11-8-6-5-7-9-11/h5-9,13H,3-4,10H2,1-2H3. The molecule has 0 fully saturated rings. The van der Waals surface area contributed by atoms with Crippen LogP contribution in [-0.4, -0.2) is 21.9 Å². The van der Waals surface area contributed by atoms with Gasteiger partial charge in [-0.1, -0.05) is 44.2 Å². The second kappa shape index (κ2) is 7.80. The predicted octanol–water partition coefficient (Wildman–Crippen LogP) is 4.09. The van der Waals surface area contributed by atoms with E-state index in [-0.39, 0.29) is 5.78 Å². The highest BCUT2D eigenvalue weighted by atomic mass is 32.2. The van der Waals surface area contributed by atoms with Gasteiger partial charge in [-0.2, -0.15) is 0 Å². The summed E-state index contributed by atoms with van der Waals surface area (Å²) in [5, 5.41) is 0. The molecular weight excluding hydrogens is 236 g/mol. The molecule has 88 valence electrons. The van der Waals surface area contributed by atoms with Crippen molar-refractivity contribution in [3.63, 3.8) is 0 Å². The minimum Gasteiger partial charge on any atom is -0.294 e. The van der Waals surface area contributed by atoms with E-state index in [2.05, 4.69) is 13.8 Å². The van der Waals surface area contributed by atoms with Crippen LogP contribution in [0.25, 0.3) is 0 Å². The Hall–Kier alpha value is -0.410. The molecule has 1 aromatic carbocycles. The molecule has 1 aromatic rings. The third-order valence-electron chi connectivity index (χ3n) is 2.15. The van der Waals surface area contributed by atoms with E-state index in [0.29, 0.717) is 11.0 Å². The summed E-state index contributed by atoms with van der Waals surface area (Å²) in [5.74, 6) is 2.40. The Balaban J connectivity index is 2.54. The molecule has 0 amide bonds. The van der Waals surface area contributed by atoms with Crippen molar-refractivity contribution < 1.29 is 4.79 Å². The smallest absolute Gasteiger partial charge is 0.164 e. The molecule has 0 saturated carbocycles. The van der Waals surface area contributed by atoms with Crippen molar-refractivity contribution in [2.75, 3.05) is 11.5 Å². The van der Waals surface area contributed by atoms with Crippen LogP contribution < -0.4 is 0 Å². The molecule has 0 bridgehead atoms. The molecule has 0 heterocycles. The van der Waals surface area contributed by atoms with Crippen LogP contribution in [0.3, 0.4) is 0 Å². The van der Waals surface area contributed by atoms with Gasteiger partial charge in [0.25, 0.3) is 0 Å². The molecule has 0 N–H and O–H groups in total. The number of ketones is 1. The van der Waals surface area contributed by atoms with Gasteiger partial charge >= 0.3 is 0 Å². The third kappa shape index (κ3) is 4.62. The van der Waals surface area contributed by atoms with E-state index >= 15 is 0 Å². The summed E-state index contributed by atoms with van der Waals surface area (Å²) in [4.78, 5) is 12.0. The van der Waals surface area contributed by atoms with Crippen LogP contribution in [0, 0.1) is 0 Å². The molecule has 0 spiro atoms. The number of carbonyl (C=O) groups excluding carboxylic acids is 1. The first-order valence-corrected chi connectivity index (χ1v) is 7.69. The summed E-state index contributed by atoms with van der Waals surface area (Å²) < 4.78 is 0.405. The molecule has 1 nitrogen and oxygen atoms in total. The van der Waals surface area contributed by atoms with Gasteiger partial charge in [0.15, 0.2) is 5.78 Å². The minimum absolute atomic E-state index is 0.257. The number of Topliss-reactive ketones (excluding diaryl/α,β-unsaturated/α-hetero) is 1. The molecule has 0 aliphatic rings. The van der Waals surface area contributed by atoms with E-state index in [4.69, 9.17) is 0 Å². The molecule has 0 saturated heterocycles. The normalized spacial score (nSPS) is 10.7. The van der Waals surface area contributed by atoms with E-state index in [1.807, 2.05) is 53.9 Å². The van der Waals surface area contributed by atoms with Gasteiger partial charge in [0, 0.05) is 12.0 Å². The van der Waals surface area contributed by atoms with Gasteiger partial charge in [-0.05, 0) is 11.5 Å². The number of rotatable bonds is 7. The summed E-state index contributed by atoms with van der Waals surface area (Å²) in [6.45, 7) is 4.28. The van der Waals surface area contributed by atoms with Crippen LogP contribution in [0.2, 0.25) is 0 Å². The molecule has 16 heavy (non-hydrogen) atoms. The Bertz CT molecular complexity index is 305. The van der Waals surface area contributed by atoms with Crippen molar-refractivity contribution in [1.82, 2.24) is 0 Å². The molecule has 1 rings (SSSR count). The fraction of sp³-hybridized carbons (Fsp3) is 0.462. The first-order valence-electron chi connectivity index (χ1n) is 5.59. The van der Waals surface area contributed by atoms with Crippen LogP contribution in [0.5, 0.6) is 0 Å².